The lowest BCUT2D eigenvalue weighted by atomic mass is 9.98. The van der Waals surface area contributed by atoms with Gasteiger partial charge in [-0.05, 0) is 62.9 Å². The van der Waals surface area contributed by atoms with Crippen LogP contribution >= 0.6 is 23.2 Å². The van der Waals surface area contributed by atoms with Crippen molar-refractivity contribution in [2.45, 2.75) is 70.1 Å². The van der Waals surface area contributed by atoms with E-state index in [0.29, 0.717) is 61.4 Å². The minimum Gasteiger partial charge on any atom is -0.480 e. The van der Waals surface area contributed by atoms with Gasteiger partial charge in [0.05, 0.1) is 44.8 Å². The molecule has 2 aliphatic rings. The summed E-state index contributed by atoms with van der Waals surface area (Å²) < 4.78 is 43.7. The number of nitrogens with zero attached hydrogens (tertiary/aromatic N) is 6. The third-order valence-electron chi connectivity index (χ3n) is 9.62. The van der Waals surface area contributed by atoms with Crippen LogP contribution < -0.4 is 16.0 Å². The van der Waals surface area contributed by atoms with Crippen molar-refractivity contribution >= 4 is 63.3 Å². The number of aliphatic hydroxyl groups excluding tert-OH is 1. The van der Waals surface area contributed by atoms with Gasteiger partial charge in [0, 0.05) is 43.5 Å². The Labute approximate surface area is 322 Å². The molecule has 0 aliphatic carbocycles. The van der Waals surface area contributed by atoms with E-state index in [1.165, 1.54) is 6.07 Å². The minimum atomic E-state index is -4.85. The van der Waals surface area contributed by atoms with E-state index in [0.717, 1.165) is 6.42 Å². The Morgan fingerprint density at radius 2 is 1.69 bits per heavy atom. The van der Waals surface area contributed by atoms with E-state index in [1.807, 2.05) is 4.90 Å². The fourth-order valence-electron chi connectivity index (χ4n) is 6.80. The molecule has 1 amide bonds. The summed E-state index contributed by atoms with van der Waals surface area (Å²) in [4.78, 5) is 39.2. The van der Waals surface area contributed by atoms with E-state index in [-0.39, 0.29) is 50.0 Å². The molecule has 1 saturated heterocycles. The van der Waals surface area contributed by atoms with Crippen LogP contribution in [0.1, 0.15) is 66.7 Å². The van der Waals surface area contributed by atoms with Crippen molar-refractivity contribution in [2.24, 2.45) is 0 Å². The number of likely N-dealkylation sites (tertiary alicyclic amines) is 1. The molecule has 0 spiro atoms. The predicted octanol–water partition coefficient (Wildman–Crippen LogP) is 7.06. The number of aryl methyl sites for hydroxylation is 1. The molecule has 2 atom stereocenters. The second-order valence-corrected chi connectivity index (χ2v) is 14.9. The van der Waals surface area contributed by atoms with E-state index >= 15 is 0 Å². The summed E-state index contributed by atoms with van der Waals surface area (Å²) in [5.41, 5.74) is 1.64. The molecule has 3 aromatic heterocycles. The van der Waals surface area contributed by atoms with Crippen LogP contribution in [0, 0.1) is 0 Å². The zero-order chi connectivity index (χ0) is 39.2. The van der Waals surface area contributed by atoms with Crippen molar-refractivity contribution in [3.05, 3.63) is 87.5 Å². The van der Waals surface area contributed by atoms with Crippen LogP contribution in [-0.4, -0.2) is 76.5 Å². The van der Waals surface area contributed by atoms with Crippen LogP contribution in [0.25, 0.3) is 22.2 Å². The molecule has 5 aromatic rings. The summed E-state index contributed by atoms with van der Waals surface area (Å²) in [5.74, 6) is -3.11. The van der Waals surface area contributed by atoms with E-state index in [9.17, 15) is 33.0 Å². The average Bonchev–Trinajstić information content (AvgIpc) is 3.76. The number of hydrogen-bond acceptors (Lipinski definition) is 10. The lowest BCUT2D eigenvalue weighted by Gasteiger charge is -2.31. The van der Waals surface area contributed by atoms with Crippen molar-refractivity contribution < 1.29 is 33.0 Å². The number of carboxylic acid groups (broad SMARTS) is 1. The first-order valence-corrected chi connectivity index (χ1v) is 18.2. The molecule has 13 nitrogen and oxygen atoms in total. The number of anilines is 3. The van der Waals surface area contributed by atoms with E-state index in [2.05, 4.69) is 36.0 Å². The Morgan fingerprint density at radius 1 is 0.982 bits per heavy atom. The number of β-amino-alcohol motifs (C(OH)–C–C–N with tert-alkyl or cyclic N) is 1. The number of halogens is 5. The Morgan fingerprint density at radius 3 is 2.36 bits per heavy atom. The van der Waals surface area contributed by atoms with Crippen LogP contribution in [0.4, 0.5) is 30.4 Å². The van der Waals surface area contributed by atoms with Crippen LogP contribution in [0.15, 0.2) is 54.7 Å². The van der Waals surface area contributed by atoms with Crippen molar-refractivity contribution in [2.75, 3.05) is 23.7 Å². The minimum absolute atomic E-state index is 0.0183. The van der Waals surface area contributed by atoms with Crippen molar-refractivity contribution in [3.8, 4) is 11.1 Å². The summed E-state index contributed by atoms with van der Waals surface area (Å²) in [6.45, 7) is 5.21. The largest absolute Gasteiger partial charge is 0.480 e. The van der Waals surface area contributed by atoms with Crippen molar-refractivity contribution in [1.82, 2.24) is 34.9 Å². The van der Waals surface area contributed by atoms with Gasteiger partial charge in [0.1, 0.15) is 11.1 Å². The molecule has 288 valence electrons. The Hall–Kier alpha value is -4.87. The highest BCUT2D eigenvalue weighted by atomic mass is 35.5. The number of carbonyl (C=O) groups is 2. The molecule has 1 fully saturated rings. The zero-order valence-electron chi connectivity index (χ0n) is 29.6. The molecule has 55 heavy (non-hydrogen) atoms. The Balaban J connectivity index is 1.15. The third kappa shape index (κ3) is 8.09. The van der Waals surface area contributed by atoms with Gasteiger partial charge in [0.25, 0.3) is 5.91 Å². The van der Waals surface area contributed by atoms with E-state index in [1.54, 1.807) is 67.2 Å². The number of pyridine rings is 1. The number of carbonyl (C=O) groups excluding carboxylic acids is 1. The molecule has 2 aromatic carbocycles. The van der Waals surface area contributed by atoms with Crippen LogP contribution in [0.2, 0.25) is 10.0 Å². The van der Waals surface area contributed by atoms with Gasteiger partial charge in [-0.15, -0.1) is 0 Å². The highest BCUT2D eigenvalue weighted by Crippen LogP contribution is 2.42. The molecule has 0 bridgehead atoms. The molecule has 0 unspecified atom stereocenters. The summed E-state index contributed by atoms with van der Waals surface area (Å²) in [7, 11) is 0. The van der Waals surface area contributed by atoms with E-state index in [4.69, 9.17) is 23.2 Å². The lowest BCUT2D eigenvalue weighted by Crippen LogP contribution is -2.49. The van der Waals surface area contributed by atoms with Crippen LogP contribution in [-0.2, 0) is 24.1 Å². The number of aliphatic carboxylic acids is 1. The second kappa shape index (κ2) is 15.0. The van der Waals surface area contributed by atoms with Gasteiger partial charge in [0.15, 0.2) is 11.5 Å². The fourth-order valence-corrected chi connectivity index (χ4v) is 7.35. The smallest absolute Gasteiger partial charge is 0.451 e. The molecule has 5 N–H and O–H groups in total. The molecule has 0 radical (unpaired) electrons. The van der Waals surface area contributed by atoms with Gasteiger partial charge >= 0.3 is 12.1 Å². The number of fused-ring (bicyclic) bond motifs is 2. The number of alkyl halides is 3. The number of hydrogen-bond donors (Lipinski definition) is 5. The van der Waals surface area contributed by atoms with Gasteiger partial charge in [-0.3, -0.25) is 29.5 Å². The maximum absolute atomic E-state index is 14.0. The summed E-state index contributed by atoms with van der Waals surface area (Å²) >= 11 is 13.8. The Bertz CT molecular complexity index is 2300. The maximum atomic E-state index is 14.0. The molecule has 5 heterocycles. The van der Waals surface area contributed by atoms with Gasteiger partial charge in [-0.2, -0.15) is 18.3 Å². The average molecular weight is 799 g/mol. The number of rotatable bonds is 10. The van der Waals surface area contributed by atoms with Gasteiger partial charge in [0.2, 0.25) is 5.82 Å². The maximum Gasteiger partial charge on any atom is 0.451 e. The van der Waals surface area contributed by atoms with Crippen molar-refractivity contribution in [3.63, 3.8) is 0 Å². The predicted molar refractivity (Wildman–Crippen MR) is 200 cm³/mol. The molecule has 2 aliphatic heterocycles. The van der Waals surface area contributed by atoms with Gasteiger partial charge in [-0.25, -0.2) is 9.97 Å². The second-order valence-electron chi connectivity index (χ2n) is 14.1. The standard InChI is InChI=1S/C37H36Cl2F3N9O4/c1-36(2,35(54)55)48-23-10-5-12-51-28(23)15-27(49-51)33(53)45-25-9-4-7-22(30(25)39)21-6-3-8-24(29(21)38)44-32-31-26(46-34(47-32)37(40,41)42)14-19(16-43-31)17-50-13-11-20(52)18-50/h3-4,6-9,14-16,20,23,48,52H,5,10-13,17-18H2,1-2H3,(H,45,53)(H,54,55)(H,44,46,47)/t20-,23-/m1/s1. The normalized spacial score (nSPS) is 17.7. The summed E-state index contributed by atoms with van der Waals surface area (Å²) in [5, 5.41) is 33.1. The molecular formula is C37H36Cl2F3N9O4. The molecule has 7 rings (SSSR count). The highest BCUT2D eigenvalue weighted by molar-refractivity contribution is 6.39. The monoisotopic (exact) mass is 797 g/mol. The number of amides is 1. The first-order chi connectivity index (χ1) is 26.1. The molecule has 0 saturated carbocycles. The number of aliphatic hydroxyl groups is 1. The Kier molecular flexibility index (Phi) is 10.5. The summed E-state index contributed by atoms with van der Waals surface area (Å²) in [6, 6.07) is 12.7. The number of benzene rings is 2. The van der Waals surface area contributed by atoms with Crippen molar-refractivity contribution in [1.29, 1.82) is 0 Å². The SMILES string of the molecule is CC(C)(N[C@@H]1CCCn2nc(C(=O)Nc3cccc(-c4cccc(Nc5nc(C(F)(F)F)nc6cc(CN7CC[C@@H](O)C7)cnc56)c4Cl)c3Cl)cc21)C(=O)O. The quantitative estimate of drug-likeness (QED) is 0.0980. The first kappa shape index (κ1) is 38.4. The first-order valence-electron chi connectivity index (χ1n) is 17.5. The van der Waals surface area contributed by atoms with Crippen LogP contribution in [0.5, 0.6) is 0 Å². The lowest BCUT2D eigenvalue weighted by molar-refractivity contribution is -0.145. The summed E-state index contributed by atoms with van der Waals surface area (Å²) in [6.07, 6.45) is -1.73. The fraction of sp³-hybridized carbons (Fsp3) is 0.351. The van der Waals surface area contributed by atoms with Crippen LogP contribution in [0.3, 0.4) is 0 Å². The number of carboxylic acids is 1. The zero-order valence-corrected chi connectivity index (χ0v) is 31.1. The van der Waals surface area contributed by atoms with Gasteiger partial charge in [-0.1, -0.05) is 47.5 Å². The van der Waals surface area contributed by atoms with E-state index < -0.39 is 35.5 Å². The third-order valence-corrected chi connectivity index (χ3v) is 10.4. The number of nitrogens with one attached hydrogen (secondary N) is 3. The molecular weight excluding hydrogens is 762 g/mol. The molecule has 18 heteroatoms. The number of aromatic nitrogens is 5. The topological polar surface area (TPSA) is 170 Å². The van der Waals surface area contributed by atoms with Gasteiger partial charge < -0.3 is 20.8 Å². The highest BCUT2D eigenvalue weighted by Gasteiger charge is 2.36.